The van der Waals surface area contributed by atoms with Crippen LogP contribution in [0.4, 0.5) is 13.2 Å². The Labute approximate surface area is 140 Å². The van der Waals surface area contributed by atoms with Crippen molar-refractivity contribution in [2.75, 3.05) is 6.61 Å². The van der Waals surface area contributed by atoms with Gasteiger partial charge in [0.2, 0.25) is 0 Å². The molecule has 0 aliphatic heterocycles. The molecule has 0 aliphatic carbocycles. The average molecular weight is 350 g/mol. The van der Waals surface area contributed by atoms with Gasteiger partial charge < -0.3 is 4.74 Å². The van der Waals surface area contributed by atoms with Crippen molar-refractivity contribution in [2.45, 2.75) is 12.7 Å². The Balaban J connectivity index is 1.71. The summed E-state index contributed by atoms with van der Waals surface area (Å²) < 4.78 is 43.3. The van der Waals surface area contributed by atoms with Gasteiger partial charge in [0.1, 0.15) is 5.75 Å². The first kappa shape index (κ1) is 16.7. The number of para-hydroxylation sites is 1. The third-order valence-corrected chi connectivity index (χ3v) is 3.30. The number of alkyl halides is 3. The van der Waals surface area contributed by atoms with Gasteiger partial charge >= 0.3 is 11.9 Å². The second kappa shape index (κ2) is 6.80. The van der Waals surface area contributed by atoms with Gasteiger partial charge in [-0.05, 0) is 40.3 Å². The number of aromatic nitrogens is 4. The first-order valence-corrected chi connectivity index (χ1v) is 7.29. The van der Waals surface area contributed by atoms with Crippen molar-refractivity contribution in [3.05, 3.63) is 70.6 Å². The normalized spacial score (nSPS) is 11.5. The van der Waals surface area contributed by atoms with Crippen molar-refractivity contribution in [3.8, 4) is 11.4 Å². The van der Waals surface area contributed by atoms with Gasteiger partial charge in [0, 0.05) is 0 Å². The quantitative estimate of drug-likeness (QED) is 0.709. The van der Waals surface area contributed by atoms with E-state index in [1.165, 1.54) is 21.5 Å². The van der Waals surface area contributed by atoms with Gasteiger partial charge in [0.05, 0.1) is 12.2 Å². The third-order valence-electron chi connectivity index (χ3n) is 3.30. The number of hydrogen-bond acceptors (Lipinski definition) is 4. The van der Waals surface area contributed by atoms with Crippen LogP contribution in [0.1, 0.15) is 5.56 Å². The van der Waals surface area contributed by atoms with E-state index in [4.69, 9.17) is 0 Å². The molecule has 0 saturated heterocycles. The van der Waals surface area contributed by atoms with Gasteiger partial charge in [-0.2, -0.15) is 22.5 Å². The lowest BCUT2D eigenvalue weighted by Crippen LogP contribution is -2.24. The molecule has 0 fully saturated rings. The van der Waals surface area contributed by atoms with Gasteiger partial charge in [-0.25, -0.2) is 4.79 Å². The first-order valence-electron chi connectivity index (χ1n) is 7.29. The number of tetrazole rings is 1. The Morgan fingerprint density at radius 2 is 1.64 bits per heavy atom. The minimum atomic E-state index is -4.39. The van der Waals surface area contributed by atoms with Crippen LogP contribution in [0.25, 0.3) is 5.69 Å². The van der Waals surface area contributed by atoms with E-state index in [-0.39, 0.29) is 12.3 Å². The largest absolute Gasteiger partial charge is 0.484 e. The molecule has 0 unspecified atom stereocenters. The second-order valence-electron chi connectivity index (χ2n) is 5.21. The van der Waals surface area contributed by atoms with Crippen molar-refractivity contribution in [1.29, 1.82) is 0 Å². The van der Waals surface area contributed by atoms with Crippen LogP contribution < -0.4 is 10.4 Å². The fraction of sp³-hybridized carbons (Fsp3) is 0.188. The van der Waals surface area contributed by atoms with Crippen molar-refractivity contribution in [1.82, 2.24) is 19.8 Å². The Kier molecular flexibility index (Phi) is 4.55. The van der Waals surface area contributed by atoms with E-state index in [0.717, 1.165) is 0 Å². The molecular weight excluding hydrogens is 337 g/mol. The van der Waals surface area contributed by atoms with Crippen molar-refractivity contribution in [2.24, 2.45) is 0 Å². The summed E-state index contributed by atoms with van der Waals surface area (Å²) in [6, 6.07) is 14.8. The molecule has 2 aromatic carbocycles. The summed E-state index contributed by atoms with van der Waals surface area (Å²) in [7, 11) is 0. The molecule has 6 nitrogen and oxygen atoms in total. The summed E-state index contributed by atoms with van der Waals surface area (Å²) in [6.07, 6.45) is -4.39. The Bertz CT molecular complexity index is 886. The predicted molar refractivity (Wildman–Crippen MR) is 82.7 cm³/mol. The molecule has 25 heavy (non-hydrogen) atoms. The summed E-state index contributed by atoms with van der Waals surface area (Å²) in [5, 5.41) is 7.64. The van der Waals surface area contributed by atoms with Crippen LogP contribution in [0.2, 0.25) is 0 Å². The van der Waals surface area contributed by atoms with Crippen LogP contribution in [0, 0.1) is 0 Å². The average Bonchev–Trinajstić information content (AvgIpc) is 2.95. The molecule has 1 aromatic heterocycles. The number of hydrogen-bond donors (Lipinski definition) is 0. The SMILES string of the molecule is O=c1n(Cc2ccc(OCC(F)(F)F)cc2)nnn1-c1ccccc1. The van der Waals surface area contributed by atoms with E-state index in [2.05, 4.69) is 15.2 Å². The second-order valence-corrected chi connectivity index (χ2v) is 5.21. The van der Waals surface area contributed by atoms with E-state index in [1.54, 1.807) is 36.4 Å². The van der Waals surface area contributed by atoms with Crippen LogP contribution in [0.3, 0.4) is 0 Å². The molecule has 0 spiro atoms. The zero-order valence-electron chi connectivity index (χ0n) is 12.8. The minimum Gasteiger partial charge on any atom is -0.484 e. The highest BCUT2D eigenvalue weighted by molar-refractivity contribution is 5.29. The van der Waals surface area contributed by atoms with Crippen LogP contribution in [0.5, 0.6) is 5.75 Å². The summed E-state index contributed by atoms with van der Waals surface area (Å²) in [4.78, 5) is 12.3. The van der Waals surface area contributed by atoms with Gasteiger partial charge in [-0.3, -0.25) is 0 Å². The van der Waals surface area contributed by atoms with Crippen molar-refractivity contribution in [3.63, 3.8) is 0 Å². The number of benzene rings is 2. The lowest BCUT2D eigenvalue weighted by Gasteiger charge is -2.09. The minimum absolute atomic E-state index is 0.0985. The van der Waals surface area contributed by atoms with E-state index in [9.17, 15) is 18.0 Å². The molecule has 0 saturated carbocycles. The molecule has 0 aliphatic rings. The Morgan fingerprint density at radius 3 is 2.28 bits per heavy atom. The van der Waals surface area contributed by atoms with Gasteiger partial charge in [-0.15, -0.1) is 0 Å². The number of halogens is 3. The van der Waals surface area contributed by atoms with Crippen LogP contribution >= 0.6 is 0 Å². The highest BCUT2D eigenvalue weighted by Gasteiger charge is 2.28. The highest BCUT2D eigenvalue weighted by Crippen LogP contribution is 2.19. The summed E-state index contributed by atoms with van der Waals surface area (Å²) in [6.45, 7) is -1.21. The fourth-order valence-corrected chi connectivity index (χ4v) is 2.13. The van der Waals surface area contributed by atoms with E-state index in [1.807, 2.05) is 6.07 Å². The van der Waals surface area contributed by atoms with Crippen LogP contribution in [-0.2, 0) is 6.54 Å². The lowest BCUT2D eigenvalue weighted by atomic mass is 10.2. The van der Waals surface area contributed by atoms with Gasteiger partial charge in [0.25, 0.3) is 0 Å². The summed E-state index contributed by atoms with van der Waals surface area (Å²) in [5.41, 5.74) is 0.861. The molecule has 3 aromatic rings. The fourth-order valence-electron chi connectivity index (χ4n) is 2.13. The molecular formula is C16H13F3N4O2. The number of nitrogens with zero attached hydrogens (tertiary/aromatic N) is 4. The summed E-state index contributed by atoms with van der Waals surface area (Å²) in [5.74, 6) is 0.0985. The zero-order chi connectivity index (χ0) is 17.9. The molecule has 0 bridgehead atoms. The van der Waals surface area contributed by atoms with Gasteiger partial charge in [0.15, 0.2) is 6.61 Å². The maximum atomic E-state index is 12.3. The van der Waals surface area contributed by atoms with E-state index >= 15 is 0 Å². The lowest BCUT2D eigenvalue weighted by molar-refractivity contribution is -0.153. The van der Waals surface area contributed by atoms with E-state index < -0.39 is 18.5 Å². The predicted octanol–water partition coefficient (Wildman–Crippen LogP) is 2.42. The van der Waals surface area contributed by atoms with Crippen molar-refractivity contribution >= 4 is 0 Å². The molecule has 0 N–H and O–H groups in total. The van der Waals surface area contributed by atoms with Crippen LogP contribution in [0.15, 0.2) is 59.4 Å². The number of rotatable bonds is 5. The maximum Gasteiger partial charge on any atom is 0.422 e. The molecule has 3 rings (SSSR count). The molecule has 1 heterocycles. The molecule has 9 heteroatoms. The monoisotopic (exact) mass is 350 g/mol. The maximum absolute atomic E-state index is 12.3. The molecule has 0 radical (unpaired) electrons. The highest BCUT2D eigenvalue weighted by atomic mass is 19.4. The standard InChI is InChI=1S/C16H13F3N4O2/c17-16(18,19)11-25-14-8-6-12(7-9-14)10-22-15(24)23(21-20-22)13-4-2-1-3-5-13/h1-9H,10-11H2. The Morgan fingerprint density at radius 1 is 0.960 bits per heavy atom. The summed E-state index contributed by atoms with van der Waals surface area (Å²) >= 11 is 0. The zero-order valence-corrected chi connectivity index (χ0v) is 12.8. The van der Waals surface area contributed by atoms with Gasteiger partial charge in [-0.1, -0.05) is 30.3 Å². The topological polar surface area (TPSA) is 61.9 Å². The van der Waals surface area contributed by atoms with E-state index in [0.29, 0.717) is 11.3 Å². The van der Waals surface area contributed by atoms with Crippen LogP contribution in [-0.4, -0.2) is 32.6 Å². The molecule has 130 valence electrons. The van der Waals surface area contributed by atoms with Crippen molar-refractivity contribution < 1.29 is 17.9 Å². The first-order chi connectivity index (χ1) is 11.9. The smallest absolute Gasteiger partial charge is 0.422 e. The number of ether oxygens (including phenoxy) is 1. The Hall–Kier alpha value is -3.10. The molecule has 0 amide bonds. The molecule has 0 atom stereocenters. The third kappa shape index (κ3) is 4.25.